The molecule has 3 saturated heterocycles. The number of ether oxygens (including phenoxy) is 4. The Labute approximate surface area is 492 Å². The molecular weight excluding hydrogens is 1090 g/mol. The van der Waals surface area contributed by atoms with E-state index in [0.717, 1.165) is 20.3 Å². The fourth-order valence-electron chi connectivity index (χ4n) is 12.6. The van der Waals surface area contributed by atoms with Crippen LogP contribution >= 0.6 is 11.8 Å². The molecule has 1 aromatic rings. The third-order valence-electron chi connectivity index (χ3n) is 17.0. The predicted molar refractivity (Wildman–Crippen MR) is 306 cm³/mol. The number of carbonyl (C=O) groups is 11. The van der Waals surface area contributed by atoms with Crippen LogP contribution in [0.1, 0.15) is 119 Å². The number of ketones is 1. The van der Waals surface area contributed by atoms with Crippen molar-refractivity contribution in [2.45, 2.75) is 167 Å². The van der Waals surface area contributed by atoms with E-state index in [2.05, 4.69) is 5.32 Å². The van der Waals surface area contributed by atoms with E-state index in [4.69, 9.17) is 18.9 Å². The summed E-state index contributed by atoms with van der Waals surface area (Å²) in [6, 6.07) is 3.75. The molecule has 0 aromatic heterocycles. The van der Waals surface area contributed by atoms with Gasteiger partial charge in [0.25, 0.3) is 11.8 Å². The highest BCUT2D eigenvalue weighted by Gasteiger charge is 2.62. The molecule has 6 rings (SSSR count). The van der Waals surface area contributed by atoms with Crippen molar-refractivity contribution in [2.75, 3.05) is 60.9 Å². The Morgan fingerprint density at radius 3 is 2.00 bits per heavy atom. The number of benzene rings is 1. The van der Waals surface area contributed by atoms with Crippen LogP contribution in [-0.2, 0) is 73.3 Å². The zero-order valence-electron chi connectivity index (χ0n) is 50.6. The Kier molecular flexibility index (Phi) is 22.6. The summed E-state index contributed by atoms with van der Waals surface area (Å²) in [6.45, 7) is 13.3. The third kappa shape index (κ3) is 14.4. The van der Waals surface area contributed by atoms with Crippen molar-refractivity contribution in [1.82, 2.24) is 34.7 Å². The number of imide groups is 2. The number of amides is 8. The Morgan fingerprint density at radius 2 is 1.43 bits per heavy atom. The van der Waals surface area contributed by atoms with Crippen LogP contribution in [0.3, 0.4) is 0 Å². The zero-order valence-corrected chi connectivity index (χ0v) is 51.4. The largest absolute Gasteiger partial charge is 0.499 e. The second-order valence-corrected chi connectivity index (χ2v) is 25.3. The molecule has 4 fully saturated rings. The molecule has 1 saturated carbocycles. The number of likely N-dealkylation sites (tertiary alicyclic amines) is 3. The monoisotopic (exact) mass is 1180 g/mol. The average molecular weight is 1180 g/mol. The molecule has 4 aliphatic heterocycles. The molecule has 1 aliphatic carbocycles. The van der Waals surface area contributed by atoms with Crippen LogP contribution in [0.5, 0.6) is 0 Å². The molecule has 1 unspecified atom stereocenters. The average Bonchev–Trinajstić information content (AvgIpc) is 2.36. The highest BCUT2D eigenvalue weighted by molar-refractivity contribution is 8.00. The fraction of sp³-hybridized carbons (Fsp3) is 0.683. The maximum Gasteiger partial charge on any atom is 0.413 e. The molecule has 5 aliphatic rings. The molecule has 8 amide bonds. The molecule has 1 aromatic carbocycles. The first-order valence-corrected chi connectivity index (χ1v) is 30.4. The SMILES string of the molecule is COC1=CC(=O)N(C(=O)[C@@H](OC(=O)[C@]2(C(=O)[C@@H](NC(=O)[C@H](C(C)C)N(C)C)C(C)C)CCCN2C(=O)[C@@H]2CCCN2C(=O)[C@H](C(C)C)N(C)C(=O)OCOC(=O)C2CCC(CN3C(=O)CC(SC)C3=O)CC2)C(C)C)[C@H]1Cc1ccccc1. The molecule has 0 bridgehead atoms. The number of thioether (sulfide) groups is 1. The van der Waals surface area contributed by atoms with Crippen LogP contribution in [0.4, 0.5) is 4.79 Å². The minimum atomic E-state index is -2.44. The lowest BCUT2D eigenvalue weighted by Crippen LogP contribution is -2.68. The number of nitrogens with one attached hydrogen (secondary N) is 1. The van der Waals surface area contributed by atoms with E-state index in [9.17, 15) is 38.4 Å². The molecule has 8 atom stereocenters. The Balaban J connectivity index is 1.22. The smallest absolute Gasteiger partial charge is 0.413 e. The van der Waals surface area contributed by atoms with Gasteiger partial charge in [-0.15, -0.1) is 0 Å². The number of esters is 2. The van der Waals surface area contributed by atoms with Crippen molar-refractivity contribution in [3.8, 4) is 0 Å². The van der Waals surface area contributed by atoms with Gasteiger partial charge in [0.2, 0.25) is 41.9 Å². The zero-order chi connectivity index (χ0) is 61.4. The van der Waals surface area contributed by atoms with Crippen molar-refractivity contribution in [3.05, 3.63) is 47.7 Å². The molecular formula is C60H87N7O15S. The topological polar surface area (TPSA) is 256 Å². The van der Waals surface area contributed by atoms with E-state index in [1.165, 1.54) is 41.8 Å². The Morgan fingerprint density at radius 1 is 0.783 bits per heavy atom. The fourth-order valence-corrected chi connectivity index (χ4v) is 13.2. The van der Waals surface area contributed by atoms with Crippen LogP contribution < -0.4 is 5.32 Å². The van der Waals surface area contributed by atoms with Gasteiger partial charge in [0, 0.05) is 45.6 Å². The number of nitrogens with zero attached hydrogens (tertiary/aromatic N) is 6. The summed E-state index contributed by atoms with van der Waals surface area (Å²) in [6.07, 6.45) is 3.17. The van der Waals surface area contributed by atoms with Gasteiger partial charge in [-0.25, -0.2) is 9.59 Å². The number of Topliss-reactive ketones (excluding diaryl/α,β-unsaturated/α-hetero) is 1. The van der Waals surface area contributed by atoms with Gasteiger partial charge in [-0.05, 0) is 107 Å². The van der Waals surface area contributed by atoms with Gasteiger partial charge in [-0.1, -0.05) is 85.7 Å². The van der Waals surface area contributed by atoms with Gasteiger partial charge >= 0.3 is 18.0 Å². The van der Waals surface area contributed by atoms with Crippen molar-refractivity contribution < 1.29 is 71.7 Å². The number of hydrogen-bond acceptors (Lipinski definition) is 17. The van der Waals surface area contributed by atoms with E-state index in [0.29, 0.717) is 38.6 Å². The first kappa shape index (κ1) is 65.8. The van der Waals surface area contributed by atoms with Crippen LogP contribution in [0.2, 0.25) is 0 Å². The normalized spacial score (nSPS) is 24.3. The van der Waals surface area contributed by atoms with Gasteiger partial charge in [-0.3, -0.25) is 62.8 Å². The summed E-state index contributed by atoms with van der Waals surface area (Å²) in [5.74, 6) is -8.82. The number of likely N-dealkylation sites (N-methyl/N-ethyl adjacent to an activating group) is 2. The molecule has 0 spiro atoms. The predicted octanol–water partition coefficient (Wildman–Crippen LogP) is 4.60. The minimum Gasteiger partial charge on any atom is -0.499 e. The standard InChI is InChI=1S/C60H87N7O15S/c1-34(2)47(61-52(71)48(35(3)4)62(9)10)51(70)60(58(77)82-50(37(7)8)56(75)67-42(43(79-12)30-46(67)69)29-38-19-15-14-16-20-38)26-18-28-66(60)53(72)41-21-17-27-64(41)55(74)49(36(5)6)63(11)59(78)81-33-80-57(76)40-24-22-39(23-25-40)32-65-45(68)31-44(83-13)54(65)73/h14-16,19-20,30,34-37,39-42,44,47-50H,17-18,21-29,31-33H2,1-13H3,(H,61,71)/t39?,40?,41-,42-,44?,47-,48-,49-,50-,60+/m0/s1. The van der Waals surface area contributed by atoms with Crippen LogP contribution in [0.25, 0.3) is 0 Å². The third-order valence-corrected chi connectivity index (χ3v) is 17.9. The quantitative estimate of drug-likeness (QED) is 0.0642. The van der Waals surface area contributed by atoms with E-state index in [-0.39, 0.29) is 79.9 Å². The highest BCUT2D eigenvalue weighted by atomic mass is 32.2. The van der Waals surface area contributed by atoms with E-state index in [1.54, 1.807) is 66.8 Å². The molecule has 22 nitrogen and oxygen atoms in total. The molecule has 0 radical (unpaired) electrons. The summed E-state index contributed by atoms with van der Waals surface area (Å²) < 4.78 is 22.6. The Hall–Kier alpha value is -6.36. The molecule has 23 heteroatoms. The lowest BCUT2D eigenvalue weighted by Gasteiger charge is -2.42. The molecule has 4 heterocycles. The number of carbonyl (C=O) groups excluding carboxylic acids is 11. The maximum absolute atomic E-state index is 15.8. The number of hydrogen-bond donors (Lipinski definition) is 1. The van der Waals surface area contributed by atoms with Crippen LogP contribution in [0, 0.1) is 35.5 Å². The van der Waals surface area contributed by atoms with E-state index >= 15 is 14.4 Å². The summed E-state index contributed by atoms with van der Waals surface area (Å²) in [7, 11) is 6.21. The van der Waals surface area contributed by atoms with Gasteiger partial charge in [-0.2, -0.15) is 11.8 Å². The Bertz CT molecular complexity index is 2610. The lowest BCUT2D eigenvalue weighted by atomic mass is 9.81. The van der Waals surface area contributed by atoms with E-state index in [1.807, 2.05) is 44.2 Å². The van der Waals surface area contributed by atoms with Gasteiger partial charge in [0.1, 0.15) is 23.9 Å². The van der Waals surface area contributed by atoms with Crippen molar-refractivity contribution in [1.29, 1.82) is 0 Å². The molecule has 458 valence electrons. The van der Waals surface area contributed by atoms with Gasteiger partial charge < -0.3 is 34.1 Å². The summed E-state index contributed by atoms with van der Waals surface area (Å²) >= 11 is 1.36. The molecule has 1 N–H and O–H groups in total. The van der Waals surface area contributed by atoms with E-state index < -0.39 is 126 Å². The summed E-state index contributed by atoms with van der Waals surface area (Å²) in [4.78, 5) is 164. The number of rotatable bonds is 24. The molecule has 83 heavy (non-hydrogen) atoms. The minimum absolute atomic E-state index is 0.0469. The second-order valence-electron chi connectivity index (χ2n) is 24.2. The van der Waals surface area contributed by atoms with Crippen LogP contribution in [-0.4, -0.2) is 203 Å². The first-order valence-electron chi connectivity index (χ1n) is 29.2. The van der Waals surface area contributed by atoms with Gasteiger partial charge in [0.15, 0.2) is 11.9 Å². The second kappa shape index (κ2) is 28.5. The first-order chi connectivity index (χ1) is 39.2. The van der Waals surface area contributed by atoms with Crippen LogP contribution in [0.15, 0.2) is 42.2 Å². The maximum atomic E-state index is 15.8. The van der Waals surface area contributed by atoms with Crippen molar-refractivity contribution in [2.24, 2.45) is 35.5 Å². The lowest BCUT2D eigenvalue weighted by molar-refractivity contribution is -0.179. The summed E-state index contributed by atoms with van der Waals surface area (Å²) in [5, 5.41) is 2.54. The van der Waals surface area contributed by atoms with Crippen molar-refractivity contribution in [3.63, 3.8) is 0 Å². The number of methoxy groups -OCH3 is 1. The van der Waals surface area contributed by atoms with Crippen molar-refractivity contribution >= 4 is 76.9 Å². The van der Waals surface area contributed by atoms with Gasteiger partial charge in [0.05, 0.1) is 30.4 Å². The summed E-state index contributed by atoms with van der Waals surface area (Å²) in [5.41, 5.74) is -1.65. The highest BCUT2D eigenvalue weighted by Crippen LogP contribution is 2.39.